The van der Waals surface area contributed by atoms with Crippen molar-refractivity contribution in [2.24, 2.45) is 0 Å². The van der Waals surface area contributed by atoms with E-state index < -0.39 is 0 Å². The van der Waals surface area contributed by atoms with Crippen LogP contribution in [-0.4, -0.2) is 25.9 Å². The Bertz CT molecular complexity index is 136. The number of hydrogen-bond acceptors (Lipinski definition) is 4. The standard InChI is InChI=1S/C6H12N2O2/c1-9-6-4-3-5-7-8(6)10-2/h4,7H,3,5H2,1-2H3. The van der Waals surface area contributed by atoms with Crippen LogP contribution in [0.1, 0.15) is 6.42 Å². The summed E-state index contributed by atoms with van der Waals surface area (Å²) in [6.45, 7) is 0.890. The van der Waals surface area contributed by atoms with Crippen LogP contribution in [-0.2, 0) is 9.57 Å². The fraction of sp³-hybridized carbons (Fsp3) is 0.667. The van der Waals surface area contributed by atoms with Crippen LogP contribution < -0.4 is 5.43 Å². The molecular formula is C6H12N2O2. The summed E-state index contributed by atoms with van der Waals surface area (Å²) in [4.78, 5) is 4.92. The molecule has 4 nitrogen and oxygen atoms in total. The predicted octanol–water partition coefficient (Wildman–Crippen LogP) is 0.246. The number of ether oxygens (including phenoxy) is 1. The molecule has 0 saturated carbocycles. The summed E-state index contributed by atoms with van der Waals surface area (Å²) in [5.41, 5.74) is 2.99. The Morgan fingerprint density at radius 2 is 2.40 bits per heavy atom. The highest BCUT2D eigenvalue weighted by Gasteiger charge is 2.11. The first-order chi connectivity index (χ1) is 4.88. The number of hydrogen-bond donors (Lipinski definition) is 1. The SMILES string of the molecule is COC1=CCCNN1OC. The van der Waals surface area contributed by atoms with Crippen molar-refractivity contribution in [2.45, 2.75) is 6.42 Å². The average Bonchev–Trinajstić information content (AvgIpc) is 2.04. The van der Waals surface area contributed by atoms with E-state index in [1.54, 1.807) is 14.2 Å². The van der Waals surface area contributed by atoms with Crippen LogP contribution in [0, 0.1) is 0 Å². The van der Waals surface area contributed by atoms with Crippen LogP contribution in [0.25, 0.3) is 0 Å². The fourth-order valence-electron chi connectivity index (χ4n) is 0.843. The van der Waals surface area contributed by atoms with Crippen LogP contribution in [0.15, 0.2) is 12.0 Å². The van der Waals surface area contributed by atoms with Crippen molar-refractivity contribution < 1.29 is 9.57 Å². The summed E-state index contributed by atoms with van der Waals surface area (Å²) in [6, 6.07) is 0. The minimum Gasteiger partial charge on any atom is -0.480 e. The molecule has 1 aliphatic rings. The average molecular weight is 144 g/mol. The lowest BCUT2D eigenvalue weighted by molar-refractivity contribution is -0.177. The Morgan fingerprint density at radius 3 is 2.90 bits per heavy atom. The number of methoxy groups -OCH3 is 1. The number of hydrazine groups is 1. The van der Waals surface area contributed by atoms with Crippen molar-refractivity contribution in [1.82, 2.24) is 10.6 Å². The van der Waals surface area contributed by atoms with Gasteiger partial charge in [0, 0.05) is 6.54 Å². The van der Waals surface area contributed by atoms with Gasteiger partial charge in [0.25, 0.3) is 0 Å². The molecule has 0 aromatic heterocycles. The third-order valence-electron chi connectivity index (χ3n) is 1.31. The van der Waals surface area contributed by atoms with Crippen LogP contribution in [0.5, 0.6) is 0 Å². The third-order valence-corrected chi connectivity index (χ3v) is 1.31. The van der Waals surface area contributed by atoms with Crippen LogP contribution >= 0.6 is 0 Å². The summed E-state index contributed by atoms with van der Waals surface area (Å²) in [6.07, 6.45) is 2.95. The zero-order valence-electron chi connectivity index (χ0n) is 6.26. The van der Waals surface area contributed by atoms with E-state index in [1.165, 1.54) is 5.17 Å². The third kappa shape index (κ3) is 1.40. The molecule has 0 saturated heterocycles. The van der Waals surface area contributed by atoms with Crippen LogP contribution in [0.2, 0.25) is 0 Å². The molecular weight excluding hydrogens is 132 g/mol. The number of nitrogens with one attached hydrogen (secondary N) is 1. The normalized spacial score (nSPS) is 18.6. The van der Waals surface area contributed by atoms with E-state index in [2.05, 4.69) is 5.43 Å². The van der Waals surface area contributed by atoms with E-state index in [0.717, 1.165) is 13.0 Å². The Kier molecular flexibility index (Phi) is 2.53. The highest BCUT2D eigenvalue weighted by Crippen LogP contribution is 2.07. The lowest BCUT2D eigenvalue weighted by Crippen LogP contribution is -2.40. The van der Waals surface area contributed by atoms with Gasteiger partial charge in [-0.1, -0.05) is 0 Å². The monoisotopic (exact) mass is 144 g/mol. The second kappa shape index (κ2) is 3.43. The van der Waals surface area contributed by atoms with E-state index in [-0.39, 0.29) is 0 Å². The van der Waals surface area contributed by atoms with Gasteiger partial charge in [-0.2, -0.15) is 0 Å². The maximum Gasteiger partial charge on any atom is 0.225 e. The fourth-order valence-corrected chi connectivity index (χ4v) is 0.843. The van der Waals surface area contributed by atoms with Gasteiger partial charge in [-0.05, 0) is 12.5 Å². The molecule has 1 aliphatic heterocycles. The van der Waals surface area contributed by atoms with Gasteiger partial charge in [0.2, 0.25) is 5.88 Å². The van der Waals surface area contributed by atoms with Crippen molar-refractivity contribution in [2.75, 3.05) is 20.8 Å². The van der Waals surface area contributed by atoms with Crippen molar-refractivity contribution in [3.8, 4) is 0 Å². The lowest BCUT2D eigenvalue weighted by atomic mass is 10.4. The zero-order chi connectivity index (χ0) is 7.40. The molecule has 0 aliphatic carbocycles. The van der Waals surface area contributed by atoms with Gasteiger partial charge >= 0.3 is 0 Å². The molecule has 1 rings (SSSR count). The molecule has 0 bridgehead atoms. The van der Waals surface area contributed by atoms with E-state index >= 15 is 0 Å². The smallest absolute Gasteiger partial charge is 0.225 e. The van der Waals surface area contributed by atoms with Gasteiger partial charge in [0.15, 0.2) is 0 Å². The molecule has 58 valence electrons. The minimum atomic E-state index is 0.716. The first-order valence-electron chi connectivity index (χ1n) is 3.20. The number of nitrogens with zero attached hydrogens (tertiary/aromatic N) is 1. The molecule has 0 spiro atoms. The van der Waals surface area contributed by atoms with Gasteiger partial charge in [-0.3, -0.25) is 4.84 Å². The summed E-state index contributed by atoms with van der Waals surface area (Å²) >= 11 is 0. The summed E-state index contributed by atoms with van der Waals surface area (Å²) in [5, 5.41) is 1.50. The van der Waals surface area contributed by atoms with Gasteiger partial charge in [-0.25, -0.2) is 5.43 Å². The maximum absolute atomic E-state index is 4.99. The lowest BCUT2D eigenvalue weighted by Gasteiger charge is -2.26. The number of hydroxylamine groups is 1. The zero-order valence-corrected chi connectivity index (χ0v) is 6.26. The van der Waals surface area contributed by atoms with E-state index in [4.69, 9.17) is 9.57 Å². The molecule has 1 N–H and O–H groups in total. The molecule has 0 unspecified atom stereocenters. The molecule has 4 heteroatoms. The van der Waals surface area contributed by atoms with E-state index in [1.807, 2.05) is 6.08 Å². The molecule has 0 atom stereocenters. The summed E-state index contributed by atoms with van der Waals surface area (Å²) in [7, 11) is 3.20. The van der Waals surface area contributed by atoms with Crippen molar-refractivity contribution in [1.29, 1.82) is 0 Å². The van der Waals surface area contributed by atoms with E-state index in [0.29, 0.717) is 5.88 Å². The second-order valence-corrected chi connectivity index (χ2v) is 1.92. The molecule has 10 heavy (non-hydrogen) atoms. The second-order valence-electron chi connectivity index (χ2n) is 1.92. The van der Waals surface area contributed by atoms with Crippen molar-refractivity contribution in [3.63, 3.8) is 0 Å². The summed E-state index contributed by atoms with van der Waals surface area (Å²) in [5.74, 6) is 0.716. The van der Waals surface area contributed by atoms with Crippen molar-refractivity contribution >= 4 is 0 Å². The van der Waals surface area contributed by atoms with E-state index in [9.17, 15) is 0 Å². The van der Waals surface area contributed by atoms with Crippen LogP contribution in [0.3, 0.4) is 0 Å². The van der Waals surface area contributed by atoms with Gasteiger partial charge < -0.3 is 4.74 Å². The molecule has 0 fully saturated rings. The van der Waals surface area contributed by atoms with Crippen molar-refractivity contribution in [3.05, 3.63) is 12.0 Å². The quantitative estimate of drug-likeness (QED) is 0.602. The van der Waals surface area contributed by atoms with Gasteiger partial charge in [0.1, 0.15) is 0 Å². The molecule has 0 radical (unpaired) electrons. The first-order valence-corrected chi connectivity index (χ1v) is 3.20. The number of rotatable bonds is 2. The maximum atomic E-state index is 4.99. The molecule has 0 amide bonds. The van der Waals surface area contributed by atoms with Crippen LogP contribution in [0.4, 0.5) is 0 Å². The Hall–Kier alpha value is -0.740. The molecule has 0 aromatic rings. The Morgan fingerprint density at radius 1 is 1.60 bits per heavy atom. The predicted molar refractivity (Wildman–Crippen MR) is 36.6 cm³/mol. The summed E-state index contributed by atoms with van der Waals surface area (Å²) < 4.78 is 4.99. The Labute approximate surface area is 60.3 Å². The Balaban J connectivity index is 2.53. The molecule has 1 heterocycles. The van der Waals surface area contributed by atoms with Gasteiger partial charge in [0.05, 0.1) is 14.2 Å². The first kappa shape index (κ1) is 7.37. The van der Waals surface area contributed by atoms with Gasteiger partial charge in [-0.15, -0.1) is 5.17 Å². The minimum absolute atomic E-state index is 0.716. The largest absolute Gasteiger partial charge is 0.480 e. The molecule has 0 aromatic carbocycles. The highest BCUT2D eigenvalue weighted by molar-refractivity contribution is 4.91. The highest BCUT2D eigenvalue weighted by atomic mass is 16.7. The topological polar surface area (TPSA) is 33.7 Å².